The number of carbonyl (C=O) groups is 2. The van der Waals surface area contributed by atoms with E-state index in [0.717, 1.165) is 22.3 Å². The quantitative estimate of drug-likeness (QED) is 0.387. The molecule has 0 bridgehead atoms. The van der Waals surface area contributed by atoms with Crippen molar-refractivity contribution in [1.29, 1.82) is 0 Å². The highest BCUT2D eigenvalue weighted by Gasteiger charge is 2.02. The second kappa shape index (κ2) is 11.2. The molecule has 0 heterocycles. The van der Waals surface area contributed by atoms with Crippen LogP contribution in [0.1, 0.15) is 22.3 Å². The van der Waals surface area contributed by atoms with Crippen LogP contribution in [0.4, 0.5) is 0 Å². The van der Waals surface area contributed by atoms with E-state index in [1.807, 2.05) is 84.9 Å². The molecule has 0 unspecified atom stereocenters. The van der Waals surface area contributed by atoms with Gasteiger partial charge in [0.05, 0.1) is 0 Å². The first-order chi connectivity index (χ1) is 14.7. The van der Waals surface area contributed by atoms with Crippen LogP contribution in [0.25, 0.3) is 12.2 Å². The van der Waals surface area contributed by atoms with Crippen molar-refractivity contribution in [3.8, 4) is 0 Å². The van der Waals surface area contributed by atoms with Crippen molar-refractivity contribution in [3.05, 3.63) is 119 Å². The van der Waals surface area contributed by atoms with Crippen molar-refractivity contribution in [2.45, 2.75) is 13.2 Å². The summed E-state index contributed by atoms with van der Waals surface area (Å²) in [6, 6.07) is 26.5. The summed E-state index contributed by atoms with van der Waals surface area (Å²) in [4.78, 5) is 23.7. The van der Waals surface area contributed by atoms with Crippen LogP contribution < -0.4 is 0 Å². The lowest BCUT2D eigenvalue weighted by molar-refractivity contribution is -0.139. The molecule has 0 aliphatic carbocycles. The Bertz CT molecular complexity index is 919. The Morgan fingerprint density at radius 2 is 0.933 bits per heavy atom. The normalized spacial score (nSPS) is 10.9. The maximum Gasteiger partial charge on any atom is 0.331 e. The zero-order valence-electron chi connectivity index (χ0n) is 16.4. The lowest BCUT2D eigenvalue weighted by Gasteiger charge is -2.05. The Morgan fingerprint density at radius 3 is 1.30 bits per heavy atom. The minimum Gasteiger partial charge on any atom is -0.458 e. The van der Waals surface area contributed by atoms with E-state index < -0.39 is 11.9 Å². The Kier molecular flexibility index (Phi) is 7.75. The van der Waals surface area contributed by atoms with E-state index in [9.17, 15) is 9.59 Å². The standard InChI is InChI=1S/C26H22O4/c27-25(17-15-21-7-3-1-4-8-21)29-19-23-11-13-24(14-12-23)20-30-26(28)18-16-22-9-5-2-6-10-22/h1-18H,19-20H2/b17-15+,18-16+. The molecule has 0 atom stereocenters. The van der Waals surface area contributed by atoms with Crippen molar-refractivity contribution >= 4 is 24.1 Å². The van der Waals surface area contributed by atoms with E-state index >= 15 is 0 Å². The van der Waals surface area contributed by atoms with Crippen LogP contribution in [-0.2, 0) is 32.3 Å². The highest BCUT2D eigenvalue weighted by molar-refractivity contribution is 5.87. The van der Waals surface area contributed by atoms with Gasteiger partial charge >= 0.3 is 11.9 Å². The summed E-state index contributed by atoms with van der Waals surface area (Å²) < 4.78 is 10.5. The Hall–Kier alpha value is -3.92. The SMILES string of the molecule is O=C(/C=C/c1ccccc1)OCc1ccc(COC(=O)/C=C/c2ccccc2)cc1. The zero-order chi connectivity index (χ0) is 21.0. The molecule has 0 saturated heterocycles. The smallest absolute Gasteiger partial charge is 0.331 e. The molecule has 0 saturated carbocycles. The van der Waals surface area contributed by atoms with Gasteiger partial charge in [-0.05, 0) is 34.4 Å². The lowest BCUT2D eigenvalue weighted by Crippen LogP contribution is -2.02. The van der Waals surface area contributed by atoms with E-state index in [1.54, 1.807) is 12.2 Å². The molecular formula is C26H22O4. The summed E-state index contributed by atoms with van der Waals surface area (Å²) >= 11 is 0. The molecule has 4 nitrogen and oxygen atoms in total. The topological polar surface area (TPSA) is 52.6 Å². The van der Waals surface area contributed by atoms with Gasteiger partial charge in [0.2, 0.25) is 0 Å². The lowest BCUT2D eigenvalue weighted by atomic mass is 10.1. The first kappa shape index (κ1) is 20.8. The molecule has 3 aromatic rings. The van der Waals surface area contributed by atoms with Gasteiger partial charge in [0.25, 0.3) is 0 Å². The number of hydrogen-bond donors (Lipinski definition) is 0. The molecule has 3 aromatic carbocycles. The van der Waals surface area contributed by atoms with Gasteiger partial charge in [-0.25, -0.2) is 9.59 Å². The molecule has 0 spiro atoms. The van der Waals surface area contributed by atoms with Gasteiger partial charge in [-0.2, -0.15) is 0 Å². The van der Waals surface area contributed by atoms with Gasteiger partial charge < -0.3 is 9.47 Å². The average Bonchev–Trinajstić information content (AvgIpc) is 2.80. The van der Waals surface area contributed by atoms with E-state index in [0.29, 0.717) is 0 Å². The van der Waals surface area contributed by atoms with E-state index in [1.165, 1.54) is 12.2 Å². The number of esters is 2. The molecule has 0 N–H and O–H groups in total. The van der Waals surface area contributed by atoms with Gasteiger partial charge in [0, 0.05) is 12.2 Å². The average molecular weight is 398 g/mol. The molecule has 0 aliphatic rings. The molecule has 0 radical (unpaired) electrons. The summed E-state index contributed by atoms with van der Waals surface area (Å²) in [5, 5.41) is 0. The minimum absolute atomic E-state index is 0.178. The fourth-order valence-electron chi connectivity index (χ4n) is 2.59. The number of ether oxygens (including phenoxy) is 2. The summed E-state index contributed by atoms with van der Waals surface area (Å²) in [6.45, 7) is 0.357. The Balaban J connectivity index is 1.41. The van der Waals surface area contributed by atoms with Gasteiger partial charge in [0.1, 0.15) is 13.2 Å². The van der Waals surface area contributed by atoms with Crippen molar-refractivity contribution < 1.29 is 19.1 Å². The van der Waals surface area contributed by atoms with Crippen molar-refractivity contribution in [3.63, 3.8) is 0 Å². The molecule has 0 fully saturated rings. The zero-order valence-corrected chi connectivity index (χ0v) is 16.4. The van der Waals surface area contributed by atoms with Gasteiger partial charge in [-0.1, -0.05) is 84.9 Å². The number of rotatable bonds is 8. The highest BCUT2D eigenvalue weighted by Crippen LogP contribution is 2.09. The predicted molar refractivity (Wildman–Crippen MR) is 117 cm³/mol. The van der Waals surface area contributed by atoms with Crippen molar-refractivity contribution in [2.75, 3.05) is 0 Å². The summed E-state index contributed by atoms with van der Waals surface area (Å²) in [7, 11) is 0. The van der Waals surface area contributed by atoms with Crippen LogP contribution in [0.5, 0.6) is 0 Å². The fraction of sp³-hybridized carbons (Fsp3) is 0.0769. The molecular weight excluding hydrogens is 376 g/mol. The third-order valence-electron chi connectivity index (χ3n) is 4.21. The van der Waals surface area contributed by atoms with Gasteiger partial charge in [0.15, 0.2) is 0 Å². The van der Waals surface area contributed by atoms with Gasteiger partial charge in [-0.3, -0.25) is 0 Å². The molecule has 0 aliphatic heterocycles. The summed E-state index contributed by atoms with van der Waals surface area (Å²) in [5.41, 5.74) is 3.59. The molecule has 3 rings (SSSR count). The van der Waals surface area contributed by atoms with Gasteiger partial charge in [-0.15, -0.1) is 0 Å². The minimum atomic E-state index is -0.401. The number of hydrogen-bond acceptors (Lipinski definition) is 4. The summed E-state index contributed by atoms with van der Waals surface area (Å²) in [6.07, 6.45) is 6.25. The molecule has 0 amide bonds. The second-order valence-electron chi connectivity index (χ2n) is 6.52. The number of benzene rings is 3. The van der Waals surface area contributed by atoms with E-state index in [4.69, 9.17) is 9.47 Å². The first-order valence-corrected chi connectivity index (χ1v) is 9.57. The van der Waals surface area contributed by atoms with Crippen LogP contribution in [0.2, 0.25) is 0 Å². The van der Waals surface area contributed by atoms with Crippen LogP contribution in [0.15, 0.2) is 97.1 Å². The van der Waals surface area contributed by atoms with Crippen molar-refractivity contribution in [2.24, 2.45) is 0 Å². The Labute approximate surface area is 176 Å². The summed E-state index contributed by atoms with van der Waals surface area (Å²) in [5.74, 6) is -0.802. The highest BCUT2D eigenvalue weighted by atomic mass is 16.5. The fourth-order valence-corrected chi connectivity index (χ4v) is 2.59. The number of carbonyl (C=O) groups excluding carboxylic acids is 2. The maximum absolute atomic E-state index is 11.8. The maximum atomic E-state index is 11.8. The Morgan fingerprint density at radius 1 is 0.567 bits per heavy atom. The largest absolute Gasteiger partial charge is 0.458 e. The monoisotopic (exact) mass is 398 g/mol. The first-order valence-electron chi connectivity index (χ1n) is 9.57. The van der Waals surface area contributed by atoms with E-state index in [2.05, 4.69) is 0 Å². The van der Waals surface area contributed by atoms with Crippen LogP contribution in [0.3, 0.4) is 0 Å². The van der Waals surface area contributed by atoms with E-state index in [-0.39, 0.29) is 13.2 Å². The van der Waals surface area contributed by atoms with Crippen LogP contribution in [-0.4, -0.2) is 11.9 Å². The molecule has 30 heavy (non-hydrogen) atoms. The second-order valence-corrected chi connectivity index (χ2v) is 6.52. The molecule has 150 valence electrons. The third-order valence-corrected chi connectivity index (χ3v) is 4.21. The third kappa shape index (κ3) is 7.24. The van der Waals surface area contributed by atoms with Crippen LogP contribution >= 0.6 is 0 Å². The predicted octanol–water partition coefficient (Wildman–Crippen LogP) is 5.20. The van der Waals surface area contributed by atoms with Crippen LogP contribution in [0, 0.1) is 0 Å². The molecule has 0 aromatic heterocycles. The molecule has 4 heteroatoms. The van der Waals surface area contributed by atoms with Crippen molar-refractivity contribution in [1.82, 2.24) is 0 Å².